The van der Waals surface area contributed by atoms with Crippen molar-refractivity contribution in [1.82, 2.24) is 20.3 Å². The molecule has 0 amide bonds. The summed E-state index contributed by atoms with van der Waals surface area (Å²) in [6.45, 7) is 0. The first-order chi connectivity index (χ1) is 16.5. The number of fused-ring (bicyclic) bond motifs is 1. The average Bonchev–Trinajstić information content (AvgIpc) is 3.50. The molecule has 0 saturated heterocycles. The minimum atomic E-state index is -0.474. The van der Waals surface area contributed by atoms with E-state index in [2.05, 4.69) is 40.8 Å². The van der Waals surface area contributed by atoms with Gasteiger partial charge < -0.3 is 9.73 Å². The summed E-state index contributed by atoms with van der Waals surface area (Å²) in [5.74, 6) is 0.912. The van der Waals surface area contributed by atoms with Crippen molar-refractivity contribution in [3.05, 3.63) is 82.4 Å². The van der Waals surface area contributed by atoms with Crippen LogP contribution in [0.3, 0.4) is 0 Å². The quantitative estimate of drug-likeness (QED) is 0.201. The van der Waals surface area contributed by atoms with Crippen molar-refractivity contribution in [2.75, 3.05) is 10.7 Å². The van der Waals surface area contributed by atoms with Gasteiger partial charge in [0.2, 0.25) is 11.3 Å². The zero-order chi connectivity index (χ0) is 23.5. The number of nitrogens with one attached hydrogen (secondary N) is 2. The van der Waals surface area contributed by atoms with Crippen molar-refractivity contribution >= 4 is 40.5 Å². The van der Waals surface area contributed by atoms with Crippen LogP contribution in [0.15, 0.2) is 74.8 Å². The smallest absolute Gasteiger partial charge is 0.270 e. The van der Waals surface area contributed by atoms with Gasteiger partial charge in [0.05, 0.1) is 11.1 Å². The number of furan rings is 1. The highest BCUT2D eigenvalue weighted by atomic mass is 19.1. The standard InChI is InChI=1S/C21H13FN8O4/c22-13-4-6-14(7-5-13)24-18-19(26-21-20(25-18)28-34-29-21)27-23-11-16-8-9-17(33-16)12-2-1-3-15(10-12)30(31)32/h1-11H,(H,24,25,28)(H,26,27,29)/b23-11-. The second-order valence-corrected chi connectivity index (χ2v) is 6.84. The number of aromatic nitrogens is 4. The highest BCUT2D eigenvalue weighted by Crippen LogP contribution is 2.26. The number of nitro groups is 1. The summed E-state index contributed by atoms with van der Waals surface area (Å²) in [5, 5.41) is 25.4. The number of anilines is 3. The Balaban J connectivity index is 1.36. The van der Waals surface area contributed by atoms with Crippen molar-refractivity contribution in [2.45, 2.75) is 0 Å². The number of non-ortho nitro benzene ring substituents is 1. The zero-order valence-electron chi connectivity index (χ0n) is 17.0. The van der Waals surface area contributed by atoms with Crippen LogP contribution < -0.4 is 10.7 Å². The van der Waals surface area contributed by atoms with E-state index in [1.165, 1.54) is 42.6 Å². The van der Waals surface area contributed by atoms with Gasteiger partial charge in [-0.15, -0.1) is 0 Å². The largest absolute Gasteiger partial charge is 0.455 e. The van der Waals surface area contributed by atoms with E-state index >= 15 is 0 Å². The van der Waals surface area contributed by atoms with Gasteiger partial charge in [0.15, 0.2) is 11.6 Å². The molecule has 13 heteroatoms. The number of hydrogen-bond donors (Lipinski definition) is 2. The van der Waals surface area contributed by atoms with Gasteiger partial charge in [-0.2, -0.15) is 10.1 Å². The molecule has 5 aromatic rings. The number of hydrazone groups is 1. The molecule has 0 atom stereocenters. The van der Waals surface area contributed by atoms with Crippen LogP contribution in [0.2, 0.25) is 0 Å². The lowest BCUT2D eigenvalue weighted by atomic mass is 10.1. The molecular weight excluding hydrogens is 447 g/mol. The van der Waals surface area contributed by atoms with Crippen molar-refractivity contribution in [2.24, 2.45) is 5.10 Å². The monoisotopic (exact) mass is 460 g/mol. The third-order valence-corrected chi connectivity index (χ3v) is 4.55. The fourth-order valence-corrected chi connectivity index (χ4v) is 2.98. The lowest BCUT2D eigenvalue weighted by Gasteiger charge is -2.09. The lowest BCUT2D eigenvalue weighted by molar-refractivity contribution is -0.384. The predicted octanol–water partition coefficient (Wildman–Crippen LogP) is 4.51. The normalized spacial score (nSPS) is 11.2. The Morgan fingerprint density at radius 1 is 1.00 bits per heavy atom. The fraction of sp³-hybridized carbons (Fsp3) is 0. The number of nitrogens with zero attached hydrogens (tertiary/aromatic N) is 6. The molecule has 0 unspecified atom stereocenters. The number of nitro benzene ring substituents is 1. The number of hydrogen-bond acceptors (Lipinski definition) is 11. The molecule has 12 nitrogen and oxygen atoms in total. The molecule has 34 heavy (non-hydrogen) atoms. The molecule has 0 radical (unpaired) electrons. The summed E-state index contributed by atoms with van der Waals surface area (Å²) in [4.78, 5) is 19.1. The Kier molecular flexibility index (Phi) is 5.32. The van der Waals surface area contributed by atoms with E-state index in [1.807, 2.05) is 0 Å². The first-order valence-corrected chi connectivity index (χ1v) is 9.72. The van der Waals surface area contributed by atoms with Crippen LogP contribution in [-0.2, 0) is 0 Å². The van der Waals surface area contributed by atoms with Gasteiger partial charge in [-0.1, -0.05) is 12.1 Å². The van der Waals surface area contributed by atoms with Gasteiger partial charge >= 0.3 is 0 Å². The summed E-state index contributed by atoms with van der Waals surface area (Å²) in [6, 6.07) is 15.1. The third kappa shape index (κ3) is 4.38. The van der Waals surface area contributed by atoms with Gasteiger partial charge in [0.25, 0.3) is 5.69 Å². The number of benzene rings is 2. The maximum atomic E-state index is 13.2. The maximum Gasteiger partial charge on any atom is 0.270 e. The number of halogens is 1. The molecule has 0 aliphatic rings. The first-order valence-electron chi connectivity index (χ1n) is 9.72. The SMILES string of the molecule is O=[N+]([O-])c1cccc(-c2ccc(/C=N\Nc3nc4nonc4nc3Nc3ccc(F)cc3)o2)c1. The van der Waals surface area contributed by atoms with Gasteiger partial charge in [-0.05, 0) is 46.7 Å². The van der Waals surface area contributed by atoms with Crippen LogP contribution in [0.1, 0.15) is 5.76 Å². The summed E-state index contributed by atoms with van der Waals surface area (Å²) in [6.07, 6.45) is 1.40. The zero-order valence-corrected chi connectivity index (χ0v) is 17.0. The van der Waals surface area contributed by atoms with E-state index in [9.17, 15) is 14.5 Å². The van der Waals surface area contributed by atoms with Crippen LogP contribution >= 0.6 is 0 Å². The van der Waals surface area contributed by atoms with Crippen molar-refractivity contribution in [3.8, 4) is 11.3 Å². The molecule has 0 spiro atoms. The molecule has 2 aromatic carbocycles. The van der Waals surface area contributed by atoms with Gasteiger partial charge in [0.1, 0.15) is 17.3 Å². The van der Waals surface area contributed by atoms with E-state index in [4.69, 9.17) is 4.42 Å². The van der Waals surface area contributed by atoms with Gasteiger partial charge in [-0.3, -0.25) is 15.5 Å². The molecular formula is C21H13FN8O4. The third-order valence-electron chi connectivity index (χ3n) is 4.55. The molecule has 0 fully saturated rings. The average molecular weight is 460 g/mol. The van der Waals surface area contributed by atoms with Gasteiger partial charge in [0, 0.05) is 23.4 Å². The summed E-state index contributed by atoms with van der Waals surface area (Å²) in [7, 11) is 0. The lowest BCUT2D eigenvalue weighted by Crippen LogP contribution is -2.03. The minimum Gasteiger partial charge on any atom is -0.455 e. The van der Waals surface area contributed by atoms with Crippen LogP contribution in [-0.4, -0.2) is 31.4 Å². The van der Waals surface area contributed by atoms with Crippen molar-refractivity contribution in [1.29, 1.82) is 0 Å². The molecule has 0 aliphatic carbocycles. The van der Waals surface area contributed by atoms with E-state index < -0.39 is 4.92 Å². The Hall–Kier alpha value is -5.20. The van der Waals surface area contributed by atoms with Crippen LogP contribution in [0.25, 0.3) is 22.6 Å². The first kappa shape index (κ1) is 20.7. The van der Waals surface area contributed by atoms with Crippen LogP contribution in [0, 0.1) is 15.9 Å². The van der Waals surface area contributed by atoms with Crippen LogP contribution in [0.4, 0.5) is 27.4 Å². The topological polar surface area (TPSA) is 157 Å². The molecule has 0 bridgehead atoms. The van der Waals surface area contributed by atoms with E-state index in [1.54, 1.807) is 24.3 Å². The second-order valence-electron chi connectivity index (χ2n) is 6.84. The molecule has 3 heterocycles. The summed E-state index contributed by atoms with van der Waals surface area (Å²) < 4.78 is 23.6. The molecule has 3 aromatic heterocycles. The highest BCUT2D eigenvalue weighted by Gasteiger charge is 2.13. The molecule has 0 aliphatic heterocycles. The van der Waals surface area contributed by atoms with E-state index in [0.717, 1.165) is 0 Å². The van der Waals surface area contributed by atoms with Gasteiger partial charge in [-0.25, -0.2) is 14.0 Å². The fourth-order valence-electron chi connectivity index (χ4n) is 2.98. The Bertz CT molecular complexity index is 1510. The van der Waals surface area contributed by atoms with Crippen molar-refractivity contribution in [3.63, 3.8) is 0 Å². The van der Waals surface area contributed by atoms with E-state index in [0.29, 0.717) is 22.8 Å². The maximum absolute atomic E-state index is 13.2. The molecule has 2 N–H and O–H groups in total. The number of rotatable bonds is 7. The van der Waals surface area contributed by atoms with Crippen LogP contribution in [0.5, 0.6) is 0 Å². The minimum absolute atomic E-state index is 0.0386. The van der Waals surface area contributed by atoms with Crippen molar-refractivity contribution < 1.29 is 18.4 Å². The highest BCUT2D eigenvalue weighted by molar-refractivity contribution is 5.80. The Labute approximate surface area is 189 Å². The Morgan fingerprint density at radius 2 is 1.76 bits per heavy atom. The summed E-state index contributed by atoms with van der Waals surface area (Å²) in [5.41, 5.74) is 4.16. The second kappa shape index (κ2) is 8.74. The van der Waals surface area contributed by atoms with E-state index in [-0.39, 0.29) is 34.4 Å². The molecule has 0 saturated carbocycles. The molecule has 5 rings (SSSR count). The summed E-state index contributed by atoms with van der Waals surface area (Å²) >= 11 is 0. The Morgan fingerprint density at radius 3 is 2.53 bits per heavy atom. The molecule has 168 valence electrons. The predicted molar refractivity (Wildman–Crippen MR) is 119 cm³/mol.